The van der Waals surface area contributed by atoms with Gasteiger partial charge in [-0.1, -0.05) is 17.7 Å². The summed E-state index contributed by atoms with van der Waals surface area (Å²) in [5.74, 6) is 0.173. The first-order valence-corrected chi connectivity index (χ1v) is 6.35. The van der Waals surface area contributed by atoms with Gasteiger partial charge in [-0.15, -0.1) is 0 Å². The Bertz CT molecular complexity index is 407. The highest BCUT2D eigenvalue weighted by Crippen LogP contribution is 2.50. The Hall–Kier alpha value is -0.530. The molecule has 2 radical (unpaired) electrons. The first-order valence-electron chi connectivity index (χ1n) is 5.98. The average molecular weight is 234 g/mol. The van der Waals surface area contributed by atoms with Crippen LogP contribution in [0.1, 0.15) is 36.3 Å². The molecule has 3 rings (SSSR count). The summed E-state index contributed by atoms with van der Waals surface area (Å²) in [6, 6.07) is 6.25. The quantitative estimate of drug-likeness (QED) is 0.726. The molecule has 1 fully saturated rings. The minimum absolute atomic E-state index is 0.173. The maximum atomic E-state index is 6.24. The highest BCUT2D eigenvalue weighted by Gasteiger charge is 2.42. The van der Waals surface area contributed by atoms with Crippen molar-refractivity contribution in [2.24, 2.45) is 0 Å². The van der Waals surface area contributed by atoms with Crippen LogP contribution >= 0.6 is 11.6 Å². The molecule has 1 atom stereocenters. The predicted octanol–water partition coefficient (Wildman–Crippen LogP) is 3.16. The standard InChI is InChI=1S/C14H16ClN/c1-10-9-14(4-6-16-7-5-14)13-3-2-11(15)8-12(10)13/h1-3,8,10,16H,4-7,9H2. The minimum Gasteiger partial charge on any atom is -0.317 e. The molecule has 1 aliphatic carbocycles. The third-order valence-electron chi connectivity index (χ3n) is 4.16. The molecule has 1 aliphatic heterocycles. The van der Waals surface area contributed by atoms with Gasteiger partial charge in [0.05, 0.1) is 0 Å². The Labute approximate surface area is 102 Å². The third-order valence-corrected chi connectivity index (χ3v) is 4.39. The summed E-state index contributed by atoms with van der Waals surface area (Å²) in [5, 5.41) is 4.23. The van der Waals surface area contributed by atoms with Crippen molar-refractivity contribution in [2.45, 2.75) is 30.6 Å². The summed E-state index contributed by atoms with van der Waals surface area (Å²) in [6.07, 6.45) is 3.50. The fourth-order valence-electron chi connectivity index (χ4n) is 3.34. The molecule has 1 aromatic carbocycles. The lowest BCUT2D eigenvalue weighted by Gasteiger charge is -2.35. The zero-order valence-corrected chi connectivity index (χ0v) is 10.1. The number of halogens is 1. The Morgan fingerprint density at radius 3 is 2.81 bits per heavy atom. The molecule has 2 heteroatoms. The van der Waals surface area contributed by atoms with Crippen molar-refractivity contribution in [2.75, 3.05) is 13.1 Å². The van der Waals surface area contributed by atoms with E-state index in [1.165, 1.54) is 24.0 Å². The largest absolute Gasteiger partial charge is 0.317 e. The van der Waals surface area contributed by atoms with E-state index < -0.39 is 0 Å². The van der Waals surface area contributed by atoms with Gasteiger partial charge < -0.3 is 5.32 Å². The van der Waals surface area contributed by atoms with Gasteiger partial charge in [0, 0.05) is 5.02 Å². The van der Waals surface area contributed by atoms with E-state index in [0.717, 1.165) is 24.5 Å². The van der Waals surface area contributed by atoms with Crippen molar-refractivity contribution in [1.29, 1.82) is 0 Å². The summed E-state index contributed by atoms with van der Waals surface area (Å²) >= 11 is 6.05. The number of piperidine rings is 1. The lowest BCUT2D eigenvalue weighted by molar-refractivity contribution is 0.300. The fraction of sp³-hybridized carbons (Fsp3) is 0.500. The van der Waals surface area contributed by atoms with Gasteiger partial charge in [0.2, 0.25) is 0 Å². The van der Waals surface area contributed by atoms with E-state index in [4.69, 9.17) is 18.5 Å². The van der Waals surface area contributed by atoms with Crippen LogP contribution in [0.3, 0.4) is 0 Å². The number of hydrogen-bond donors (Lipinski definition) is 1. The molecule has 1 aromatic rings. The van der Waals surface area contributed by atoms with E-state index >= 15 is 0 Å². The molecule has 1 unspecified atom stereocenters. The van der Waals surface area contributed by atoms with Gasteiger partial charge in [0.15, 0.2) is 0 Å². The molecule has 16 heavy (non-hydrogen) atoms. The van der Waals surface area contributed by atoms with Crippen molar-refractivity contribution in [1.82, 2.24) is 5.32 Å². The van der Waals surface area contributed by atoms with Crippen LogP contribution < -0.4 is 5.32 Å². The highest BCUT2D eigenvalue weighted by atomic mass is 35.5. The normalized spacial score (nSPS) is 27.0. The average Bonchev–Trinajstić information content (AvgIpc) is 2.53. The number of benzene rings is 1. The van der Waals surface area contributed by atoms with Crippen LogP contribution in [0, 0.1) is 6.92 Å². The lowest BCUT2D eigenvalue weighted by atomic mass is 9.74. The second-order valence-electron chi connectivity index (χ2n) is 5.07. The number of rotatable bonds is 0. The van der Waals surface area contributed by atoms with E-state index in [2.05, 4.69) is 17.4 Å². The van der Waals surface area contributed by atoms with Crippen LogP contribution in [0.2, 0.25) is 5.02 Å². The van der Waals surface area contributed by atoms with Crippen molar-refractivity contribution in [3.63, 3.8) is 0 Å². The van der Waals surface area contributed by atoms with Gasteiger partial charge in [0.1, 0.15) is 0 Å². The summed E-state index contributed by atoms with van der Waals surface area (Å²) in [5.41, 5.74) is 3.05. The molecule has 1 spiro atoms. The molecular weight excluding hydrogens is 218 g/mol. The van der Waals surface area contributed by atoms with Gasteiger partial charge in [0.25, 0.3) is 0 Å². The Morgan fingerprint density at radius 2 is 2.06 bits per heavy atom. The fourth-order valence-corrected chi connectivity index (χ4v) is 3.52. The zero-order chi connectivity index (χ0) is 11.2. The Kier molecular flexibility index (Phi) is 2.49. The van der Waals surface area contributed by atoms with Crippen LogP contribution in [-0.4, -0.2) is 13.1 Å². The summed E-state index contributed by atoms with van der Waals surface area (Å²) < 4.78 is 0. The van der Waals surface area contributed by atoms with Gasteiger partial charge in [-0.3, -0.25) is 0 Å². The van der Waals surface area contributed by atoms with Crippen LogP contribution in [0.4, 0.5) is 0 Å². The van der Waals surface area contributed by atoms with Crippen molar-refractivity contribution in [3.05, 3.63) is 41.3 Å². The summed E-state index contributed by atoms with van der Waals surface area (Å²) in [4.78, 5) is 0. The molecule has 0 aromatic heterocycles. The van der Waals surface area contributed by atoms with E-state index in [1.54, 1.807) is 0 Å². The van der Waals surface area contributed by atoms with Crippen molar-refractivity contribution >= 4 is 11.6 Å². The molecule has 0 bridgehead atoms. The first-order chi connectivity index (χ1) is 7.71. The van der Waals surface area contributed by atoms with E-state index in [1.807, 2.05) is 6.07 Å². The van der Waals surface area contributed by atoms with Gasteiger partial charge in [-0.25, -0.2) is 0 Å². The van der Waals surface area contributed by atoms with Crippen molar-refractivity contribution < 1.29 is 0 Å². The topological polar surface area (TPSA) is 12.0 Å². The summed E-state index contributed by atoms with van der Waals surface area (Å²) in [6.45, 7) is 8.45. The van der Waals surface area contributed by atoms with Gasteiger partial charge in [-0.05, 0) is 73.9 Å². The monoisotopic (exact) mass is 233 g/mol. The highest BCUT2D eigenvalue weighted by molar-refractivity contribution is 6.30. The van der Waals surface area contributed by atoms with Crippen LogP contribution in [-0.2, 0) is 5.41 Å². The molecule has 0 saturated carbocycles. The summed E-state index contributed by atoms with van der Waals surface area (Å²) in [7, 11) is 0. The van der Waals surface area contributed by atoms with Crippen LogP contribution in [0.25, 0.3) is 0 Å². The Morgan fingerprint density at radius 1 is 1.31 bits per heavy atom. The molecule has 0 amide bonds. The molecule has 1 saturated heterocycles. The number of hydrogen-bond acceptors (Lipinski definition) is 1. The van der Waals surface area contributed by atoms with Crippen molar-refractivity contribution in [3.8, 4) is 0 Å². The van der Waals surface area contributed by atoms with Gasteiger partial charge >= 0.3 is 0 Å². The zero-order valence-electron chi connectivity index (χ0n) is 9.30. The molecule has 2 aliphatic rings. The third kappa shape index (κ3) is 1.49. The molecule has 1 heterocycles. The Balaban J connectivity index is 2.07. The minimum atomic E-state index is 0.173. The maximum absolute atomic E-state index is 6.24. The SMILES string of the molecule is [CH]C1CC2(CCNCC2)c2ccc(Cl)cc21. The van der Waals surface area contributed by atoms with Crippen LogP contribution in [0.15, 0.2) is 18.2 Å². The van der Waals surface area contributed by atoms with E-state index in [9.17, 15) is 0 Å². The molecule has 84 valence electrons. The second kappa shape index (κ2) is 3.75. The predicted molar refractivity (Wildman–Crippen MR) is 66.9 cm³/mol. The lowest BCUT2D eigenvalue weighted by Crippen LogP contribution is -2.38. The maximum Gasteiger partial charge on any atom is 0.0409 e. The molecule has 1 nitrogen and oxygen atoms in total. The molecule has 1 N–H and O–H groups in total. The van der Waals surface area contributed by atoms with E-state index in [-0.39, 0.29) is 5.92 Å². The number of fused-ring (bicyclic) bond motifs is 2. The molecular formula is C14H16ClN. The first kappa shape index (κ1) is 10.6. The van der Waals surface area contributed by atoms with Gasteiger partial charge in [-0.2, -0.15) is 0 Å². The van der Waals surface area contributed by atoms with Crippen LogP contribution in [0.5, 0.6) is 0 Å². The smallest absolute Gasteiger partial charge is 0.0409 e. The second-order valence-corrected chi connectivity index (χ2v) is 5.51. The van der Waals surface area contributed by atoms with E-state index in [0.29, 0.717) is 5.41 Å². The number of nitrogens with one attached hydrogen (secondary N) is 1.